The Labute approximate surface area is 123 Å². The fourth-order valence-electron chi connectivity index (χ4n) is 2.18. The first-order chi connectivity index (χ1) is 9.28. The van der Waals surface area contributed by atoms with Gasteiger partial charge in [0.25, 0.3) is 0 Å². The van der Waals surface area contributed by atoms with Crippen molar-refractivity contribution in [2.75, 3.05) is 32.0 Å². The maximum absolute atomic E-state index is 5.38. The molecule has 5 heteroatoms. The van der Waals surface area contributed by atoms with Gasteiger partial charge in [0.1, 0.15) is 0 Å². The van der Waals surface area contributed by atoms with Crippen LogP contribution in [0.5, 0.6) is 11.5 Å². The van der Waals surface area contributed by atoms with E-state index in [2.05, 4.69) is 23.7 Å². The van der Waals surface area contributed by atoms with Crippen LogP contribution >= 0.6 is 23.5 Å². The summed E-state index contributed by atoms with van der Waals surface area (Å²) < 4.78 is 10.7. The highest BCUT2D eigenvalue weighted by molar-refractivity contribution is 7.99. The molecule has 0 spiro atoms. The molecule has 1 N–H and O–H groups in total. The number of methoxy groups -OCH3 is 2. The van der Waals surface area contributed by atoms with Gasteiger partial charge in [-0.25, -0.2) is 0 Å². The molecule has 0 bridgehead atoms. The molecular formula is C14H21NO2S2. The number of thioether (sulfide) groups is 2. The van der Waals surface area contributed by atoms with Crippen molar-refractivity contribution in [3.05, 3.63) is 17.7 Å². The lowest BCUT2D eigenvalue weighted by Crippen LogP contribution is -2.28. The normalized spacial score (nSPS) is 18.6. The Hall–Kier alpha value is -0.520. The van der Waals surface area contributed by atoms with Crippen molar-refractivity contribution in [1.29, 1.82) is 0 Å². The van der Waals surface area contributed by atoms with Gasteiger partial charge in [-0.05, 0) is 36.1 Å². The molecule has 0 saturated carbocycles. The van der Waals surface area contributed by atoms with E-state index in [4.69, 9.17) is 9.47 Å². The average Bonchev–Trinajstić information content (AvgIpc) is 2.97. The average molecular weight is 299 g/mol. The smallest absolute Gasteiger partial charge is 0.161 e. The van der Waals surface area contributed by atoms with Gasteiger partial charge in [0.2, 0.25) is 0 Å². The summed E-state index contributed by atoms with van der Waals surface area (Å²) in [4.78, 5) is 1.25. The van der Waals surface area contributed by atoms with Gasteiger partial charge in [-0.3, -0.25) is 0 Å². The lowest BCUT2D eigenvalue weighted by atomic mass is 10.1. The lowest BCUT2D eigenvalue weighted by molar-refractivity contribution is 0.353. The number of nitrogens with one attached hydrogen (secondary N) is 1. The molecule has 3 nitrogen and oxygen atoms in total. The van der Waals surface area contributed by atoms with Crippen molar-refractivity contribution in [1.82, 2.24) is 5.32 Å². The van der Waals surface area contributed by atoms with Crippen LogP contribution in [0.1, 0.15) is 12.0 Å². The monoisotopic (exact) mass is 299 g/mol. The minimum atomic E-state index is 0.646. The summed E-state index contributed by atoms with van der Waals surface area (Å²) >= 11 is 3.77. The second kappa shape index (κ2) is 7.31. The third-order valence-corrected chi connectivity index (χ3v) is 5.28. The molecule has 1 saturated heterocycles. The lowest BCUT2D eigenvalue weighted by Gasteiger charge is -2.16. The molecule has 1 aliphatic rings. The van der Waals surface area contributed by atoms with E-state index in [-0.39, 0.29) is 0 Å². The minimum Gasteiger partial charge on any atom is -0.493 e. The Morgan fingerprint density at radius 1 is 1.32 bits per heavy atom. The summed E-state index contributed by atoms with van der Waals surface area (Å²) in [5, 5.41) is 3.63. The van der Waals surface area contributed by atoms with Gasteiger partial charge in [-0.15, -0.1) is 11.8 Å². The standard InChI is InChI=1S/C14H21NO2S2/c1-16-12-6-10(8-15-11-4-5-19-9-11)14(18-3)7-13(12)17-2/h6-7,11,15H,4-5,8-9H2,1-3H3. The van der Waals surface area contributed by atoms with Crippen LogP contribution in [-0.4, -0.2) is 38.0 Å². The Kier molecular flexibility index (Phi) is 5.73. The van der Waals surface area contributed by atoms with Crippen molar-refractivity contribution in [3.8, 4) is 11.5 Å². The molecule has 1 aliphatic heterocycles. The molecule has 1 atom stereocenters. The van der Waals surface area contributed by atoms with Crippen LogP contribution in [0.4, 0.5) is 0 Å². The molecule has 1 aromatic rings. The minimum absolute atomic E-state index is 0.646. The van der Waals surface area contributed by atoms with E-state index >= 15 is 0 Å². The number of rotatable bonds is 6. The largest absolute Gasteiger partial charge is 0.493 e. The Morgan fingerprint density at radius 3 is 2.63 bits per heavy atom. The van der Waals surface area contributed by atoms with Gasteiger partial charge in [0, 0.05) is 23.2 Å². The number of hydrogen-bond acceptors (Lipinski definition) is 5. The topological polar surface area (TPSA) is 30.5 Å². The molecule has 2 rings (SSSR count). The van der Waals surface area contributed by atoms with Crippen molar-refractivity contribution < 1.29 is 9.47 Å². The predicted octanol–water partition coefficient (Wildman–Crippen LogP) is 3.02. The third-order valence-electron chi connectivity index (χ3n) is 3.30. The van der Waals surface area contributed by atoms with Crippen molar-refractivity contribution >= 4 is 23.5 Å². The zero-order valence-electron chi connectivity index (χ0n) is 11.7. The fraction of sp³-hybridized carbons (Fsp3) is 0.571. The summed E-state index contributed by atoms with van der Waals surface area (Å²) in [6.07, 6.45) is 3.36. The van der Waals surface area contributed by atoms with E-state index < -0.39 is 0 Å². The molecular weight excluding hydrogens is 278 g/mol. The highest BCUT2D eigenvalue weighted by Gasteiger charge is 2.16. The van der Waals surface area contributed by atoms with Crippen LogP contribution in [0.2, 0.25) is 0 Å². The van der Waals surface area contributed by atoms with Gasteiger partial charge in [-0.1, -0.05) is 0 Å². The highest BCUT2D eigenvalue weighted by Crippen LogP contribution is 2.34. The molecule has 0 radical (unpaired) electrons. The third kappa shape index (κ3) is 3.74. The first-order valence-electron chi connectivity index (χ1n) is 6.38. The highest BCUT2D eigenvalue weighted by atomic mass is 32.2. The maximum atomic E-state index is 5.38. The van der Waals surface area contributed by atoms with Gasteiger partial charge >= 0.3 is 0 Å². The number of ether oxygens (including phenoxy) is 2. The van der Waals surface area contributed by atoms with Crippen LogP contribution < -0.4 is 14.8 Å². The van der Waals surface area contributed by atoms with Crippen LogP contribution in [0.15, 0.2) is 17.0 Å². The van der Waals surface area contributed by atoms with Gasteiger partial charge in [0.05, 0.1) is 14.2 Å². The van der Waals surface area contributed by atoms with Gasteiger partial charge in [0.15, 0.2) is 11.5 Å². The molecule has 1 heterocycles. The quantitative estimate of drug-likeness (QED) is 0.816. The second-order valence-corrected chi connectivity index (χ2v) is 6.46. The zero-order valence-corrected chi connectivity index (χ0v) is 13.3. The Bertz CT molecular complexity index is 420. The molecule has 106 valence electrons. The van der Waals surface area contributed by atoms with E-state index in [1.54, 1.807) is 26.0 Å². The Morgan fingerprint density at radius 2 is 2.05 bits per heavy atom. The summed E-state index contributed by atoms with van der Waals surface area (Å²) in [5.74, 6) is 4.10. The van der Waals surface area contributed by atoms with Crippen LogP contribution in [0.3, 0.4) is 0 Å². The van der Waals surface area contributed by atoms with E-state index in [0.717, 1.165) is 18.0 Å². The molecule has 1 unspecified atom stereocenters. The SMILES string of the molecule is COc1cc(CNC2CCSC2)c(SC)cc1OC. The van der Waals surface area contributed by atoms with E-state index in [1.165, 1.54) is 28.4 Å². The van der Waals surface area contributed by atoms with Crippen molar-refractivity contribution in [2.45, 2.75) is 23.9 Å². The molecule has 0 aromatic heterocycles. The van der Waals surface area contributed by atoms with Crippen LogP contribution in [0.25, 0.3) is 0 Å². The first-order valence-corrected chi connectivity index (χ1v) is 8.76. The summed E-state index contributed by atoms with van der Waals surface area (Å²) in [6, 6.07) is 4.79. The van der Waals surface area contributed by atoms with Crippen LogP contribution in [0, 0.1) is 0 Å². The molecule has 1 fully saturated rings. The van der Waals surface area contributed by atoms with Gasteiger partial charge in [-0.2, -0.15) is 11.8 Å². The Balaban J connectivity index is 2.12. The summed E-state index contributed by atoms with van der Waals surface area (Å²) in [6.45, 7) is 0.891. The van der Waals surface area contributed by atoms with Gasteiger partial charge < -0.3 is 14.8 Å². The molecule has 1 aromatic carbocycles. The van der Waals surface area contributed by atoms with E-state index in [1.807, 2.05) is 11.8 Å². The fourth-order valence-corrected chi connectivity index (χ4v) is 3.99. The number of benzene rings is 1. The maximum Gasteiger partial charge on any atom is 0.161 e. The molecule has 0 amide bonds. The zero-order chi connectivity index (χ0) is 13.7. The molecule has 19 heavy (non-hydrogen) atoms. The van der Waals surface area contributed by atoms with E-state index in [9.17, 15) is 0 Å². The van der Waals surface area contributed by atoms with Crippen molar-refractivity contribution in [2.24, 2.45) is 0 Å². The number of hydrogen-bond donors (Lipinski definition) is 1. The molecule has 0 aliphatic carbocycles. The summed E-state index contributed by atoms with van der Waals surface area (Å²) in [7, 11) is 3.36. The first kappa shape index (κ1) is 14.9. The van der Waals surface area contributed by atoms with E-state index in [0.29, 0.717) is 6.04 Å². The van der Waals surface area contributed by atoms with Crippen molar-refractivity contribution in [3.63, 3.8) is 0 Å². The summed E-state index contributed by atoms with van der Waals surface area (Å²) in [5.41, 5.74) is 1.28. The predicted molar refractivity (Wildman–Crippen MR) is 83.9 cm³/mol. The van der Waals surface area contributed by atoms with Crippen LogP contribution in [-0.2, 0) is 6.54 Å². The second-order valence-electron chi connectivity index (χ2n) is 4.46.